The SMILES string of the molecule is Cc1cnn(Cc2ccccc2Cl)c1NC(=O)c1ccno1. The molecule has 0 radical (unpaired) electrons. The predicted octanol–water partition coefficient (Wildman–Crippen LogP) is 3.13. The Bertz CT molecular complexity index is 796. The molecule has 112 valence electrons. The number of hydrogen-bond donors (Lipinski definition) is 1. The third-order valence-electron chi connectivity index (χ3n) is 3.19. The first-order valence-corrected chi connectivity index (χ1v) is 7.01. The van der Waals surface area contributed by atoms with Crippen LogP contribution < -0.4 is 5.32 Å². The number of halogens is 1. The van der Waals surface area contributed by atoms with Gasteiger partial charge in [0.05, 0.1) is 18.9 Å². The Labute approximate surface area is 131 Å². The van der Waals surface area contributed by atoms with Crippen molar-refractivity contribution in [2.45, 2.75) is 13.5 Å². The van der Waals surface area contributed by atoms with Crippen LogP contribution in [0.1, 0.15) is 21.7 Å². The van der Waals surface area contributed by atoms with E-state index in [0.29, 0.717) is 17.4 Å². The molecule has 0 fully saturated rings. The minimum Gasteiger partial charge on any atom is -0.351 e. The minimum atomic E-state index is -0.374. The van der Waals surface area contributed by atoms with Crippen molar-refractivity contribution < 1.29 is 9.32 Å². The minimum absolute atomic E-state index is 0.143. The standard InChI is InChI=1S/C15H13ClN4O2/c1-10-8-17-20(9-11-4-2-3-5-12(11)16)14(10)19-15(21)13-6-7-18-22-13/h2-8H,9H2,1H3,(H,19,21). The van der Waals surface area contributed by atoms with Crippen LogP contribution in [0.15, 0.2) is 47.2 Å². The maximum atomic E-state index is 12.1. The summed E-state index contributed by atoms with van der Waals surface area (Å²) in [5.41, 5.74) is 1.77. The van der Waals surface area contributed by atoms with Crippen molar-refractivity contribution >= 4 is 23.3 Å². The van der Waals surface area contributed by atoms with Gasteiger partial charge in [0.15, 0.2) is 0 Å². The van der Waals surface area contributed by atoms with Gasteiger partial charge in [-0.05, 0) is 18.6 Å². The monoisotopic (exact) mass is 316 g/mol. The molecule has 0 atom stereocenters. The fourth-order valence-corrected chi connectivity index (χ4v) is 2.25. The zero-order valence-electron chi connectivity index (χ0n) is 11.8. The van der Waals surface area contributed by atoms with Gasteiger partial charge in [-0.3, -0.25) is 4.79 Å². The lowest BCUT2D eigenvalue weighted by atomic mass is 10.2. The summed E-state index contributed by atoms with van der Waals surface area (Å²) in [6.45, 7) is 2.33. The smallest absolute Gasteiger partial charge is 0.295 e. The summed E-state index contributed by atoms with van der Waals surface area (Å²) >= 11 is 6.17. The van der Waals surface area contributed by atoms with E-state index in [-0.39, 0.29) is 11.7 Å². The number of nitrogens with zero attached hydrogens (tertiary/aromatic N) is 3. The summed E-state index contributed by atoms with van der Waals surface area (Å²) in [6.07, 6.45) is 3.11. The first-order chi connectivity index (χ1) is 10.6. The van der Waals surface area contributed by atoms with E-state index in [0.717, 1.165) is 11.1 Å². The molecule has 0 aliphatic rings. The van der Waals surface area contributed by atoms with Gasteiger partial charge in [0, 0.05) is 16.7 Å². The third kappa shape index (κ3) is 2.87. The Morgan fingerprint density at radius 2 is 2.18 bits per heavy atom. The van der Waals surface area contributed by atoms with Gasteiger partial charge in [-0.15, -0.1) is 0 Å². The summed E-state index contributed by atoms with van der Waals surface area (Å²) in [4.78, 5) is 12.1. The van der Waals surface area contributed by atoms with Crippen LogP contribution in [0.25, 0.3) is 0 Å². The molecular weight excluding hydrogens is 304 g/mol. The van der Waals surface area contributed by atoms with Gasteiger partial charge in [-0.1, -0.05) is 35.0 Å². The lowest BCUT2D eigenvalue weighted by molar-refractivity contribution is 0.0987. The Morgan fingerprint density at radius 3 is 2.91 bits per heavy atom. The quantitative estimate of drug-likeness (QED) is 0.802. The normalized spacial score (nSPS) is 10.6. The molecule has 1 aromatic carbocycles. The van der Waals surface area contributed by atoms with Crippen LogP contribution in [0.5, 0.6) is 0 Å². The molecule has 1 amide bonds. The van der Waals surface area contributed by atoms with Gasteiger partial charge in [-0.2, -0.15) is 5.10 Å². The second-order valence-corrected chi connectivity index (χ2v) is 5.16. The molecule has 0 saturated carbocycles. The number of hydrogen-bond acceptors (Lipinski definition) is 4. The largest absolute Gasteiger partial charge is 0.351 e. The van der Waals surface area contributed by atoms with E-state index in [1.165, 1.54) is 12.3 Å². The molecular formula is C15H13ClN4O2. The van der Waals surface area contributed by atoms with E-state index in [2.05, 4.69) is 15.6 Å². The van der Waals surface area contributed by atoms with Gasteiger partial charge in [0.25, 0.3) is 5.91 Å². The summed E-state index contributed by atoms with van der Waals surface area (Å²) < 4.78 is 6.53. The molecule has 3 aromatic rings. The van der Waals surface area contributed by atoms with Crippen LogP contribution in [0.2, 0.25) is 5.02 Å². The summed E-state index contributed by atoms with van der Waals surface area (Å²) in [5, 5.41) is 11.2. The van der Waals surface area contributed by atoms with Crippen LogP contribution in [0.4, 0.5) is 5.82 Å². The zero-order chi connectivity index (χ0) is 15.5. The number of anilines is 1. The highest BCUT2D eigenvalue weighted by Crippen LogP contribution is 2.20. The molecule has 0 aliphatic heterocycles. The first kappa shape index (κ1) is 14.3. The molecule has 0 saturated heterocycles. The highest BCUT2D eigenvalue weighted by atomic mass is 35.5. The number of amides is 1. The number of carbonyl (C=O) groups excluding carboxylic acids is 1. The summed E-state index contributed by atoms with van der Waals surface area (Å²) in [6, 6.07) is 9.01. The van der Waals surface area contributed by atoms with Crippen molar-refractivity contribution in [3.8, 4) is 0 Å². The van der Waals surface area contributed by atoms with Crippen molar-refractivity contribution in [2.24, 2.45) is 0 Å². The second kappa shape index (κ2) is 6.03. The zero-order valence-corrected chi connectivity index (χ0v) is 12.5. The average molecular weight is 317 g/mol. The number of rotatable bonds is 4. The molecule has 0 bridgehead atoms. The van der Waals surface area contributed by atoms with Crippen molar-refractivity contribution in [2.75, 3.05) is 5.32 Å². The molecule has 6 nitrogen and oxygen atoms in total. The number of carbonyl (C=O) groups is 1. The molecule has 2 heterocycles. The first-order valence-electron chi connectivity index (χ1n) is 6.63. The average Bonchev–Trinajstić information content (AvgIpc) is 3.14. The van der Waals surface area contributed by atoms with Gasteiger partial charge in [-0.25, -0.2) is 4.68 Å². The fourth-order valence-electron chi connectivity index (χ4n) is 2.05. The predicted molar refractivity (Wildman–Crippen MR) is 82.0 cm³/mol. The van der Waals surface area contributed by atoms with Gasteiger partial charge >= 0.3 is 0 Å². The summed E-state index contributed by atoms with van der Waals surface area (Å²) in [5.74, 6) is 0.368. The van der Waals surface area contributed by atoms with Crippen LogP contribution >= 0.6 is 11.6 Å². The molecule has 0 unspecified atom stereocenters. The Kier molecular flexibility index (Phi) is 3.93. The van der Waals surface area contributed by atoms with Crippen molar-refractivity contribution in [1.82, 2.24) is 14.9 Å². The van der Waals surface area contributed by atoms with E-state index < -0.39 is 0 Å². The van der Waals surface area contributed by atoms with E-state index in [4.69, 9.17) is 16.1 Å². The molecule has 2 aromatic heterocycles. The number of nitrogens with one attached hydrogen (secondary N) is 1. The maximum Gasteiger partial charge on any atom is 0.295 e. The highest BCUT2D eigenvalue weighted by Gasteiger charge is 2.15. The lowest BCUT2D eigenvalue weighted by Gasteiger charge is -2.10. The molecule has 1 N–H and O–H groups in total. The topological polar surface area (TPSA) is 73.0 Å². The van der Waals surface area contributed by atoms with Crippen LogP contribution in [-0.4, -0.2) is 20.8 Å². The van der Waals surface area contributed by atoms with Crippen molar-refractivity contribution in [1.29, 1.82) is 0 Å². The second-order valence-electron chi connectivity index (χ2n) is 4.76. The van der Waals surface area contributed by atoms with Crippen molar-refractivity contribution in [3.05, 3.63) is 64.6 Å². The third-order valence-corrected chi connectivity index (χ3v) is 3.56. The molecule has 7 heteroatoms. The summed E-state index contributed by atoms with van der Waals surface area (Å²) in [7, 11) is 0. The number of aromatic nitrogens is 3. The van der Waals surface area contributed by atoms with E-state index in [1.54, 1.807) is 10.9 Å². The molecule has 3 rings (SSSR count). The Hall–Kier alpha value is -2.60. The molecule has 0 spiro atoms. The van der Waals surface area contributed by atoms with Gasteiger partial charge < -0.3 is 9.84 Å². The van der Waals surface area contributed by atoms with Crippen molar-refractivity contribution in [3.63, 3.8) is 0 Å². The Balaban J connectivity index is 1.85. The van der Waals surface area contributed by atoms with E-state index >= 15 is 0 Å². The van der Waals surface area contributed by atoms with E-state index in [1.807, 2.05) is 31.2 Å². The molecule has 0 aliphatic carbocycles. The van der Waals surface area contributed by atoms with Gasteiger partial charge in [0.1, 0.15) is 5.82 Å². The Morgan fingerprint density at radius 1 is 1.36 bits per heavy atom. The van der Waals surface area contributed by atoms with E-state index in [9.17, 15) is 4.79 Å². The van der Waals surface area contributed by atoms with Gasteiger partial charge in [0.2, 0.25) is 5.76 Å². The number of benzene rings is 1. The van der Waals surface area contributed by atoms with Crippen LogP contribution in [0.3, 0.4) is 0 Å². The van der Waals surface area contributed by atoms with Crippen LogP contribution in [0, 0.1) is 6.92 Å². The maximum absolute atomic E-state index is 12.1. The highest BCUT2D eigenvalue weighted by molar-refractivity contribution is 6.31. The number of aryl methyl sites for hydroxylation is 1. The van der Waals surface area contributed by atoms with Crippen LogP contribution in [-0.2, 0) is 6.54 Å². The molecule has 22 heavy (non-hydrogen) atoms. The fraction of sp³-hybridized carbons (Fsp3) is 0.133. The lowest BCUT2D eigenvalue weighted by Crippen LogP contribution is -2.16.